The molecule has 7 nitrogen and oxygen atoms in total. The molecule has 2 fully saturated rings. The third-order valence-electron chi connectivity index (χ3n) is 8.31. The fraction of sp³-hybridized carbons (Fsp3) is 0.968. The van der Waals surface area contributed by atoms with Crippen LogP contribution in [-0.4, -0.2) is 122 Å². The van der Waals surface area contributed by atoms with Crippen LogP contribution >= 0.6 is 0 Å². The van der Waals surface area contributed by atoms with Gasteiger partial charge in [0, 0.05) is 83.1 Å². The van der Waals surface area contributed by atoms with E-state index in [9.17, 15) is 4.79 Å². The van der Waals surface area contributed by atoms with Gasteiger partial charge in [0.1, 0.15) is 0 Å². The molecule has 0 spiro atoms. The van der Waals surface area contributed by atoms with Crippen molar-refractivity contribution >= 4 is 5.91 Å². The Balaban J connectivity index is 1.54. The number of nitrogens with one attached hydrogen (secondary N) is 2. The lowest BCUT2D eigenvalue weighted by Crippen LogP contribution is -2.53. The molecule has 0 aromatic heterocycles. The second kappa shape index (κ2) is 15.3. The van der Waals surface area contributed by atoms with Crippen LogP contribution in [0.3, 0.4) is 0 Å². The van der Waals surface area contributed by atoms with Crippen molar-refractivity contribution in [3.05, 3.63) is 0 Å². The summed E-state index contributed by atoms with van der Waals surface area (Å²) in [4.78, 5) is 22.2. The number of carbonyl (C=O) groups excluding carboxylic acids is 1. The zero-order valence-electron chi connectivity index (χ0n) is 26.8. The molecule has 224 valence electrons. The standard InChI is InChI=1S/C31H64N6O/c1-27(11-16-34-20-22-35(23-21-34)18-14-32-30(5,6)7)10-12-31(8,9)33-15-19-36-24-25-37(28(38)26-36)17-13-29(2,3)4/h27,32-33H,10-26H2,1-9H3. The number of piperazine rings is 2. The van der Waals surface area contributed by atoms with Gasteiger partial charge in [-0.15, -0.1) is 0 Å². The molecule has 1 unspecified atom stereocenters. The largest absolute Gasteiger partial charge is 0.340 e. The van der Waals surface area contributed by atoms with Crippen molar-refractivity contribution < 1.29 is 4.79 Å². The number of carbonyl (C=O) groups is 1. The summed E-state index contributed by atoms with van der Waals surface area (Å²) in [5, 5.41) is 7.39. The molecule has 0 aliphatic carbocycles. The van der Waals surface area contributed by atoms with Crippen molar-refractivity contribution in [2.75, 3.05) is 85.1 Å². The smallest absolute Gasteiger partial charge is 0.236 e. The summed E-state index contributed by atoms with van der Waals surface area (Å²) in [6.07, 6.45) is 4.83. The van der Waals surface area contributed by atoms with E-state index in [1.54, 1.807) is 0 Å². The normalized spacial score (nSPS) is 20.3. The van der Waals surface area contributed by atoms with Crippen LogP contribution in [0.25, 0.3) is 0 Å². The van der Waals surface area contributed by atoms with Crippen LogP contribution in [0.2, 0.25) is 0 Å². The van der Waals surface area contributed by atoms with Gasteiger partial charge >= 0.3 is 0 Å². The zero-order chi connectivity index (χ0) is 28.4. The molecule has 2 aliphatic heterocycles. The van der Waals surface area contributed by atoms with E-state index in [-0.39, 0.29) is 16.5 Å². The summed E-state index contributed by atoms with van der Waals surface area (Å²) in [6, 6.07) is 0. The molecule has 0 aromatic rings. The number of hydrogen-bond donors (Lipinski definition) is 2. The molecule has 2 N–H and O–H groups in total. The lowest BCUT2D eigenvalue weighted by molar-refractivity contribution is -0.136. The van der Waals surface area contributed by atoms with Crippen LogP contribution in [0.5, 0.6) is 0 Å². The van der Waals surface area contributed by atoms with E-state index >= 15 is 0 Å². The van der Waals surface area contributed by atoms with Gasteiger partial charge in [0.2, 0.25) is 5.91 Å². The van der Waals surface area contributed by atoms with E-state index in [4.69, 9.17) is 0 Å². The second-order valence-electron chi connectivity index (χ2n) is 15.1. The minimum atomic E-state index is 0.138. The highest BCUT2D eigenvalue weighted by Gasteiger charge is 2.26. The number of rotatable bonds is 15. The average molecular weight is 537 g/mol. The van der Waals surface area contributed by atoms with E-state index in [0.717, 1.165) is 58.2 Å². The first kappa shape index (κ1) is 33.5. The molecule has 38 heavy (non-hydrogen) atoms. The molecule has 7 heteroatoms. The van der Waals surface area contributed by atoms with E-state index in [1.807, 2.05) is 0 Å². The Kier molecular flexibility index (Phi) is 13.5. The molecule has 2 rings (SSSR count). The molecule has 2 saturated heterocycles. The lowest BCUT2D eigenvalue weighted by Gasteiger charge is -2.36. The highest BCUT2D eigenvalue weighted by molar-refractivity contribution is 5.79. The Morgan fingerprint density at radius 1 is 0.684 bits per heavy atom. The summed E-state index contributed by atoms with van der Waals surface area (Å²) < 4.78 is 0. The molecule has 0 bridgehead atoms. The van der Waals surface area contributed by atoms with E-state index in [0.29, 0.717) is 12.5 Å². The summed E-state index contributed by atoms with van der Waals surface area (Å²) in [6.45, 7) is 34.1. The van der Waals surface area contributed by atoms with Crippen LogP contribution in [0, 0.1) is 11.3 Å². The summed E-state index contributed by atoms with van der Waals surface area (Å²) >= 11 is 0. The molecule has 0 aromatic carbocycles. The summed E-state index contributed by atoms with van der Waals surface area (Å²) in [5.74, 6) is 1.05. The Bertz CT molecular complexity index is 675. The van der Waals surface area contributed by atoms with E-state index < -0.39 is 0 Å². The van der Waals surface area contributed by atoms with Crippen LogP contribution < -0.4 is 10.6 Å². The number of nitrogens with zero attached hydrogens (tertiary/aromatic N) is 4. The maximum atomic E-state index is 12.6. The third kappa shape index (κ3) is 14.6. The highest BCUT2D eigenvalue weighted by Crippen LogP contribution is 2.20. The van der Waals surface area contributed by atoms with Crippen molar-refractivity contribution in [3.8, 4) is 0 Å². The second-order valence-corrected chi connectivity index (χ2v) is 15.1. The highest BCUT2D eigenvalue weighted by atomic mass is 16.2. The average Bonchev–Trinajstić information content (AvgIpc) is 2.80. The molecule has 0 radical (unpaired) electrons. The molecule has 2 heterocycles. The van der Waals surface area contributed by atoms with E-state index in [1.165, 1.54) is 52.0 Å². The monoisotopic (exact) mass is 537 g/mol. The van der Waals surface area contributed by atoms with Crippen LogP contribution in [0.1, 0.15) is 88.0 Å². The molecule has 0 saturated carbocycles. The van der Waals surface area contributed by atoms with Gasteiger partial charge in [0.25, 0.3) is 0 Å². The Labute approximate surface area is 236 Å². The van der Waals surface area contributed by atoms with Crippen molar-refractivity contribution in [2.45, 2.75) is 99.1 Å². The fourth-order valence-electron chi connectivity index (χ4n) is 5.28. The maximum Gasteiger partial charge on any atom is 0.236 e. The van der Waals surface area contributed by atoms with Crippen molar-refractivity contribution in [1.82, 2.24) is 30.2 Å². The van der Waals surface area contributed by atoms with Crippen molar-refractivity contribution in [1.29, 1.82) is 0 Å². The van der Waals surface area contributed by atoms with Gasteiger partial charge in [-0.1, -0.05) is 27.7 Å². The van der Waals surface area contributed by atoms with Crippen LogP contribution in [0.4, 0.5) is 0 Å². The Morgan fingerprint density at radius 2 is 1.24 bits per heavy atom. The first-order valence-corrected chi connectivity index (χ1v) is 15.6. The quantitative estimate of drug-likeness (QED) is 0.333. The minimum absolute atomic E-state index is 0.138. The van der Waals surface area contributed by atoms with Gasteiger partial charge in [-0.25, -0.2) is 0 Å². The van der Waals surface area contributed by atoms with E-state index in [2.05, 4.69) is 92.5 Å². The minimum Gasteiger partial charge on any atom is -0.340 e. The fourth-order valence-corrected chi connectivity index (χ4v) is 5.28. The lowest BCUT2D eigenvalue weighted by atomic mass is 9.91. The number of amides is 1. The van der Waals surface area contributed by atoms with Crippen LogP contribution in [-0.2, 0) is 4.79 Å². The predicted molar refractivity (Wildman–Crippen MR) is 163 cm³/mol. The van der Waals surface area contributed by atoms with Crippen LogP contribution in [0.15, 0.2) is 0 Å². The van der Waals surface area contributed by atoms with Gasteiger partial charge in [-0.3, -0.25) is 14.6 Å². The van der Waals surface area contributed by atoms with Gasteiger partial charge in [-0.2, -0.15) is 0 Å². The molecule has 1 atom stereocenters. The third-order valence-corrected chi connectivity index (χ3v) is 8.31. The molecular weight excluding hydrogens is 472 g/mol. The Morgan fingerprint density at radius 3 is 1.82 bits per heavy atom. The zero-order valence-corrected chi connectivity index (χ0v) is 26.8. The SMILES string of the molecule is CC(CCN1CCN(CCNC(C)(C)C)CC1)CCC(C)(C)NCCN1CCN(CCC(C)(C)C)C(=O)C1. The first-order valence-electron chi connectivity index (χ1n) is 15.6. The van der Waals surface area contributed by atoms with Gasteiger partial charge in [-0.05, 0) is 78.2 Å². The van der Waals surface area contributed by atoms with Gasteiger partial charge in [0.05, 0.1) is 6.54 Å². The topological polar surface area (TPSA) is 54.1 Å². The molecular formula is C31H64N6O. The van der Waals surface area contributed by atoms with Gasteiger partial charge < -0.3 is 20.4 Å². The van der Waals surface area contributed by atoms with Crippen molar-refractivity contribution in [2.24, 2.45) is 11.3 Å². The Hall–Kier alpha value is -0.730. The van der Waals surface area contributed by atoms with Gasteiger partial charge in [0.15, 0.2) is 0 Å². The summed E-state index contributed by atoms with van der Waals surface area (Å²) in [5.41, 5.74) is 0.632. The maximum absolute atomic E-state index is 12.6. The summed E-state index contributed by atoms with van der Waals surface area (Å²) in [7, 11) is 0. The first-order chi connectivity index (χ1) is 17.6. The van der Waals surface area contributed by atoms with Crippen molar-refractivity contribution in [3.63, 3.8) is 0 Å². The number of hydrogen-bond acceptors (Lipinski definition) is 6. The molecule has 1 amide bonds. The predicted octanol–water partition coefficient (Wildman–Crippen LogP) is 3.75. The molecule has 2 aliphatic rings.